The molecule has 2 unspecified atom stereocenters. The van der Waals surface area contributed by atoms with E-state index in [2.05, 4.69) is 15.0 Å². The Morgan fingerprint density at radius 3 is 2.83 bits per heavy atom. The Bertz CT molecular complexity index is 1270. The zero-order valence-electron chi connectivity index (χ0n) is 15.9. The van der Waals surface area contributed by atoms with Crippen LogP contribution < -0.4 is 4.74 Å². The van der Waals surface area contributed by atoms with Crippen LogP contribution in [0.1, 0.15) is 12.8 Å². The number of benzene rings is 1. The highest BCUT2D eigenvalue weighted by molar-refractivity contribution is 5.81. The summed E-state index contributed by atoms with van der Waals surface area (Å²) in [6.07, 6.45) is 9.57. The lowest BCUT2D eigenvalue weighted by atomic mass is 10.1. The molecule has 0 spiro atoms. The summed E-state index contributed by atoms with van der Waals surface area (Å²) in [6.45, 7) is 0. The standard InChI is InChI=1S/C21H19N7O/c1-26-18-16(4-2-10-22-18)25-21(26)29-15-8-6-14(7-9-15)28-19-17(5-3-11-23-19)27-13-12-24-20(27)28/h3,5-13,16,18H,2,4H2,1H3. The van der Waals surface area contributed by atoms with Gasteiger partial charge < -0.3 is 9.64 Å². The van der Waals surface area contributed by atoms with Crippen LogP contribution in [0.4, 0.5) is 0 Å². The van der Waals surface area contributed by atoms with Gasteiger partial charge in [0.25, 0.3) is 6.02 Å². The topological polar surface area (TPSA) is 72.3 Å². The van der Waals surface area contributed by atoms with Crippen LogP contribution in [0.5, 0.6) is 5.75 Å². The largest absolute Gasteiger partial charge is 0.426 e. The van der Waals surface area contributed by atoms with Gasteiger partial charge in [0.05, 0.1) is 17.2 Å². The molecule has 8 heteroatoms. The molecule has 0 bridgehead atoms. The van der Waals surface area contributed by atoms with Crippen LogP contribution in [0.2, 0.25) is 0 Å². The van der Waals surface area contributed by atoms with Gasteiger partial charge in [-0.15, -0.1) is 0 Å². The number of fused-ring (bicyclic) bond motifs is 4. The van der Waals surface area contributed by atoms with Crippen molar-refractivity contribution in [2.75, 3.05) is 7.05 Å². The fraction of sp³-hybridized carbons (Fsp3) is 0.238. The molecule has 0 N–H and O–H groups in total. The van der Waals surface area contributed by atoms with Gasteiger partial charge in [-0.2, -0.15) is 0 Å². The maximum atomic E-state index is 6.07. The molecule has 0 fully saturated rings. The summed E-state index contributed by atoms with van der Waals surface area (Å²) in [6, 6.07) is 12.7. The highest BCUT2D eigenvalue weighted by Gasteiger charge is 2.35. The molecule has 0 amide bonds. The molecule has 0 radical (unpaired) electrons. The number of ether oxygens (including phenoxy) is 1. The summed E-state index contributed by atoms with van der Waals surface area (Å²) in [4.78, 5) is 20.3. The van der Waals surface area contributed by atoms with Crippen LogP contribution in [0.15, 0.2) is 65.0 Å². The van der Waals surface area contributed by atoms with Crippen molar-refractivity contribution < 1.29 is 4.74 Å². The second-order valence-corrected chi connectivity index (χ2v) is 7.29. The van der Waals surface area contributed by atoms with Crippen LogP contribution in [-0.2, 0) is 0 Å². The van der Waals surface area contributed by atoms with E-state index in [4.69, 9.17) is 9.73 Å². The first kappa shape index (κ1) is 16.3. The number of amidine groups is 1. The van der Waals surface area contributed by atoms with E-state index >= 15 is 0 Å². The van der Waals surface area contributed by atoms with Crippen molar-refractivity contribution in [1.82, 2.24) is 23.8 Å². The molecule has 0 saturated carbocycles. The number of aliphatic imine (C=N–C) groups is 2. The second kappa shape index (κ2) is 6.16. The third kappa shape index (κ3) is 2.45. The summed E-state index contributed by atoms with van der Waals surface area (Å²) < 4.78 is 10.2. The summed E-state index contributed by atoms with van der Waals surface area (Å²) in [7, 11) is 1.98. The predicted octanol–water partition coefficient (Wildman–Crippen LogP) is 2.91. The van der Waals surface area contributed by atoms with Gasteiger partial charge in [0.2, 0.25) is 5.78 Å². The van der Waals surface area contributed by atoms with Crippen molar-refractivity contribution in [1.29, 1.82) is 0 Å². The van der Waals surface area contributed by atoms with Gasteiger partial charge in [0.1, 0.15) is 11.9 Å². The molecule has 144 valence electrons. The molecular formula is C21H19N7O. The molecule has 2 atom stereocenters. The maximum absolute atomic E-state index is 6.07. The average Bonchev–Trinajstić information content (AvgIpc) is 3.43. The Kier molecular flexibility index (Phi) is 3.46. The van der Waals surface area contributed by atoms with Crippen molar-refractivity contribution in [3.63, 3.8) is 0 Å². The molecule has 29 heavy (non-hydrogen) atoms. The van der Waals surface area contributed by atoms with Crippen molar-refractivity contribution in [3.05, 3.63) is 55.0 Å². The zero-order valence-corrected chi connectivity index (χ0v) is 15.9. The SMILES string of the molecule is CN1C(Oc2ccc(-n3c4ncccc4n4ccnc34)cc2)=NC2CCC=NC21. The van der Waals surface area contributed by atoms with Gasteiger partial charge in [-0.1, -0.05) is 0 Å². The number of likely N-dealkylation sites (N-methyl/N-ethyl adjacent to an activating group) is 1. The number of hydrogen-bond donors (Lipinski definition) is 0. The van der Waals surface area contributed by atoms with Crippen molar-refractivity contribution in [2.24, 2.45) is 9.98 Å². The van der Waals surface area contributed by atoms with Crippen LogP contribution >= 0.6 is 0 Å². The van der Waals surface area contributed by atoms with E-state index in [0.29, 0.717) is 6.02 Å². The van der Waals surface area contributed by atoms with Crippen molar-refractivity contribution >= 4 is 29.2 Å². The van der Waals surface area contributed by atoms with E-state index in [1.165, 1.54) is 0 Å². The third-order valence-corrected chi connectivity index (χ3v) is 5.53. The summed E-state index contributed by atoms with van der Waals surface area (Å²) in [5, 5.41) is 0. The Morgan fingerprint density at radius 1 is 1.07 bits per heavy atom. The summed E-state index contributed by atoms with van der Waals surface area (Å²) >= 11 is 0. The van der Waals surface area contributed by atoms with Gasteiger partial charge in [-0.3, -0.25) is 14.0 Å². The Labute approximate surface area is 166 Å². The first-order valence-corrected chi connectivity index (χ1v) is 9.69. The maximum Gasteiger partial charge on any atom is 0.294 e. The van der Waals surface area contributed by atoms with Crippen LogP contribution in [0.3, 0.4) is 0 Å². The summed E-state index contributed by atoms with van der Waals surface area (Å²) in [5.74, 6) is 1.57. The Morgan fingerprint density at radius 2 is 1.97 bits per heavy atom. The van der Waals surface area contributed by atoms with Gasteiger partial charge >= 0.3 is 0 Å². The number of pyridine rings is 1. The van der Waals surface area contributed by atoms with E-state index in [1.807, 2.05) is 69.7 Å². The minimum atomic E-state index is 0.0593. The van der Waals surface area contributed by atoms with Gasteiger partial charge in [0, 0.05) is 31.9 Å². The molecule has 1 aromatic carbocycles. The van der Waals surface area contributed by atoms with Crippen molar-refractivity contribution in [3.8, 4) is 11.4 Å². The van der Waals surface area contributed by atoms with Crippen LogP contribution in [-0.4, -0.2) is 55.3 Å². The molecule has 0 aliphatic carbocycles. The first-order chi connectivity index (χ1) is 14.3. The van der Waals surface area contributed by atoms with Crippen LogP contribution in [0.25, 0.3) is 22.6 Å². The predicted molar refractivity (Wildman–Crippen MR) is 111 cm³/mol. The number of nitrogens with zero attached hydrogens (tertiary/aromatic N) is 7. The highest BCUT2D eigenvalue weighted by atomic mass is 16.5. The van der Waals surface area contributed by atoms with Gasteiger partial charge in [0.15, 0.2) is 5.65 Å². The molecule has 2 aliphatic rings. The molecule has 0 saturated heterocycles. The van der Waals surface area contributed by atoms with Crippen molar-refractivity contribution in [2.45, 2.75) is 25.0 Å². The fourth-order valence-corrected chi connectivity index (χ4v) is 4.11. The lowest BCUT2D eigenvalue weighted by Crippen LogP contribution is -2.38. The second-order valence-electron chi connectivity index (χ2n) is 7.29. The number of rotatable bonds is 2. The molecule has 8 nitrogen and oxygen atoms in total. The Hall–Kier alpha value is -3.68. The van der Waals surface area contributed by atoms with Crippen LogP contribution in [0, 0.1) is 0 Å². The Balaban J connectivity index is 1.33. The highest BCUT2D eigenvalue weighted by Crippen LogP contribution is 2.27. The molecule has 6 rings (SSSR count). The molecule has 5 heterocycles. The summed E-state index contributed by atoms with van der Waals surface area (Å²) in [5.41, 5.74) is 2.86. The quantitative estimate of drug-likeness (QED) is 0.532. The van der Waals surface area contributed by atoms with Gasteiger partial charge in [-0.25, -0.2) is 15.0 Å². The minimum Gasteiger partial charge on any atom is -0.426 e. The first-order valence-electron chi connectivity index (χ1n) is 9.69. The lowest BCUT2D eigenvalue weighted by molar-refractivity contribution is 0.313. The zero-order chi connectivity index (χ0) is 19.4. The van der Waals surface area contributed by atoms with E-state index in [0.717, 1.165) is 41.2 Å². The fourth-order valence-electron chi connectivity index (χ4n) is 4.11. The average molecular weight is 385 g/mol. The molecule has 2 aliphatic heterocycles. The monoisotopic (exact) mass is 385 g/mol. The lowest BCUT2D eigenvalue weighted by Gasteiger charge is -2.24. The number of imidazole rings is 2. The van der Waals surface area contributed by atoms with E-state index in [1.54, 1.807) is 12.4 Å². The smallest absolute Gasteiger partial charge is 0.294 e. The molecule has 3 aromatic heterocycles. The molecule has 4 aromatic rings. The van der Waals surface area contributed by atoms with E-state index in [-0.39, 0.29) is 12.2 Å². The minimum absolute atomic E-state index is 0.0593. The number of hydrogen-bond acceptors (Lipinski definition) is 6. The normalized spacial score (nSPS) is 21.0. The third-order valence-electron chi connectivity index (χ3n) is 5.53. The van der Waals surface area contributed by atoms with E-state index in [9.17, 15) is 0 Å². The van der Waals surface area contributed by atoms with E-state index < -0.39 is 0 Å². The number of aromatic nitrogens is 4. The van der Waals surface area contributed by atoms with Gasteiger partial charge in [-0.05, 0) is 49.2 Å². The molecular weight excluding hydrogens is 366 g/mol.